The molecule has 2 aliphatic rings. The zero-order valence-corrected chi connectivity index (χ0v) is 9.27. The zero-order chi connectivity index (χ0) is 11.9. The van der Waals surface area contributed by atoms with E-state index in [2.05, 4.69) is 9.47 Å². The van der Waals surface area contributed by atoms with Crippen LogP contribution in [0, 0.1) is 0 Å². The summed E-state index contributed by atoms with van der Waals surface area (Å²) in [5.74, 6) is -1.12. The largest absolute Gasteiger partial charge is 0.466 e. The summed E-state index contributed by atoms with van der Waals surface area (Å²) in [7, 11) is 2.53. The van der Waals surface area contributed by atoms with Gasteiger partial charge in [-0.1, -0.05) is 6.08 Å². The van der Waals surface area contributed by atoms with Gasteiger partial charge < -0.3 is 14.2 Å². The molecule has 0 saturated carbocycles. The molecule has 86 valence electrons. The van der Waals surface area contributed by atoms with E-state index in [1.807, 2.05) is 0 Å². The van der Waals surface area contributed by atoms with E-state index in [1.165, 1.54) is 14.2 Å². The minimum Gasteiger partial charge on any atom is -0.466 e. The van der Waals surface area contributed by atoms with Crippen molar-refractivity contribution in [1.82, 2.24) is 0 Å². The highest BCUT2D eigenvalue weighted by Crippen LogP contribution is 2.43. The molecule has 2 rings (SSSR count). The first-order chi connectivity index (χ1) is 7.53. The molecule has 0 radical (unpaired) electrons. The van der Waals surface area contributed by atoms with Crippen LogP contribution in [0.1, 0.15) is 6.92 Å². The lowest BCUT2D eigenvalue weighted by molar-refractivity contribution is -0.139. The van der Waals surface area contributed by atoms with Crippen molar-refractivity contribution in [2.45, 2.75) is 18.6 Å². The molecular formula is C11H12O5. The zero-order valence-electron chi connectivity index (χ0n) is 9.27. The summed E-state index contributed by atoms with van der Waals surface area (Å²) >= 11 is 0. The van der Waals surface area contributed by atoms with Gasteiger partial charge in [0.2, 0.25) is 0 Å². The number of carbonyl (C=O) groups is 2. The number of hydrogen-bond acceptors (Lipinski definition) is 5. The first-order valence-electron chi connectivity index (χ1n) is 4.82. The van der Waals surface area contributed by atoms with Gasteiger partial charge in [0.1, 0.15) is 11.7 Å². The van der Waals surface area contributed by atoms with Crippen molar-refractivity contribution in [1.29, 1.82) is 0 Å². The lowest BCUT2D eigenvalue weighted by Crippen LogP contribution is -2.29. The minimum atomic E-state index is -0.874. The number of esters is 2. The fraction of sp³-hybridized carbons (Fsp3) is 0.455. The maximum Gasteiger partial charge on any atom is 0.337 e. The third-order valence-electron chi connectivity index (χ3n) is 2.81. The van der Waals surface area contributed by atoms with Crippen molar-refractivity contribution in [3.8, 4) is 0 Å². The van der Waals surface area contributed by atoms with Crippen LogP contribution in [0.15, 0.2) is 23.3 Å². The Morgan fingerprint density at radius 2 is 1.94 bits per heavy atom. The summed E-state index contributed by atoms with van der Waals surface area (Å²) < 4.78 is 14.8. The molecule has 0 amide bonds. The van der Waals surface area contributed by atoms with Gasteiger partial charge in [-0.25, -0.2) is 9.59 Å². The lowest BCUT2D eigenvalue weighted by Gasteiger charge is -2.19. The summed E-state index contributed by atoms with van der Waals surface area (Å²) in [6.45, 7) is 1.71. The van der Waals surface area contributed by atoms with Crippen LogP contribution in [0.2, 0.25) is 0 Å². The fourth-order valence-corrected chi connectivity index (χ4v) is 2.06. The monoisotopic (exact) mass is 224 g/mol. The number of carbonyl (C=O) groups excluding carboxylic acids is 2. The Morgan fingerprint density at radius 3 is 2.50 bits per heavy atom. The minimum absolute atomic E-state index is 0.231. The van der Waals surface area contributed by atoms with Crippen molar-refractivity contribution < 1.29 is 23.8 Å². The molecule has 5 heteroatoms. The van der Waals surface area contributed by atoms with Crippen LogP contribution < -0.4 is 0 Å². The predicted octanol–water partition coefficient (Wildman–Crippen LogP) is 0.356. The Balaban J connectivity index is 2.50. The first-order valence-corrected chi connectivity index (χ1v) is 4.82. The summed E-state index contributed by atoms with van der Waals surface area (Å²) in [5.41, 5.74) is -0.407. The molecule has 2 aliphatic heterocycles. The summed E-state index contributed by atoms with van der Waals surface area (Å²) in [6.07, 6.45) is 2.97. The number of ether oxygens (including phenoxy) is 3. The quantitative estimate of drug-likeness (QED) is 0.500. The third kappa shape index (κ3) is 1.28. The standard InChI is InChI=1S/C11H12O5/c1-11-5-4-6(16-11)7(9(12)14-2)8(11)10(13)15-3/h4-6H,1-3H3/t6-,11+/m1/s1. The highest BCUT2D eigenvalue weighted by molar-refractivity contribution is 6.04. The number of methoxy groups -OCH3 is 2. The molecule has 0 aromatic carbocycles. The summed E-state index contributed by atoms with van der Waals surface area (Å²) in [4.78, 5) is 23.2. The van der Waals surface area contributed by atoms with Crippen LogP contribution in [0.5, 0.6) is 0 Å². The van der Waals surface area contributed by atoms with E-state index in [-0.39, 0.29) is 11.1 Å². The van der Waals surface area contributed by atoms with E-state index in [1.54, 1.807) is 19.1 Å². The lowest BCUT2D eigenvalue weighted by atomic mass is 9.88. The van der Waals surface area contributed by atoms with Gasteiger partial charge in [-0.3, -0.25) is 0 Å². The normalized spacial score (nSPS) is 30.8. The number of rotatable bonds is 2. The first kappa shape index (κ1) is 10.9. The Kier molecular flexibility index (Phi) is 2.35. The molecule has 0 unspecified atom stereocenters. The Hall–Kier alpha value is -1.62. The molecule has 0 aliphatic carbocycles. The van der Waals surface area contributed by atoms with Crippen LogP contribution in [0.3, 0.4) is 0 Å². The molecule has 0 saturated heterocycles. The van der Waals surface area contributed by atoms with Crippen LogP contribution in [-0.2, 0) is 23.8 Å². The molecule has 2 bridgehead atoms. The Labute approximate surface area is 92.7 Å². The van der Waals surface area contributed by atoms with E-state index in [9.17, 15) is 9.59 Å². The number of fused-ring (bicyclic) bond motifs is 2. The van der Waals surface area contributed by atoms with Gasteiger partial charge in [0.25, 0.3) is 0 Å². The van der Waals surface area contributed by atoms with Gasteiger partial charge in [-0.05, 0) is 13.0 Å². The molecule has 16 heavy (non-hydrogen) atoms. The smallest absolute Gasteiger partial charge is 0.337 e. The topological polar surface area (TPSA) is 61.8 Å². The molecular weight excluding hydrogens is 212 g/mol. The number of hydrogen-bond donors (Lipinski definition) is 0. The molecule has 2 heterocycles. The van der Waals surface area contributed by atoms with Crippen LogP contribution >= 0.6 is 0 Å². The highest BCUT2D eigenvalue weighted by Gasteiger charge is 2.51. The Bertz CT molecular complexity index is 420. The predicted molar refractivity (Wildman–Crippen MR) is 53.5 cm³/mol. The maximum atomic E-state index is 11.6. The van der Waals surface area contributed by atoms with Gasteiger partial charge in [-0.2, -0.15) is 0 Å². The van der Waals surface area contributed by atoms with Gasteiger partial charge in [0.05, 0.1) is 25.4 Å². The second kappa shape index (κ2) is 3.45. The molecule has 0 fully saturated rings. The summed E-state index contributed by atoms with van der Waals surface area (Å²) in [5, 5.41) is 0. The van der Waals surface area contributed by atoms with Gasteiger partial charge in [-0.15, -0.1) is 0 Å². The fourth-order valence-electron chi connectivity index (χ4n) is 2.06. The van der Waals surface area contributed by atoms with Crippen LogP contribution in [0.25, 0.3) is 0 Å². The van der Waals surface area contributed by atoms with E-state index in [0.29, 0.717) is 0 Å². The molecule has 0 spiro atoms. The summed E-state index contributed by atoms with van der Waals surface area (Å²) in [6, 6.07) is 0. The van der Waals surface area contributed by atoms with E-state index >= 15 is 0 Å². The average molecular weight is 224 g/mol. The third-order valence-corrected chi connectivity index (χ3v) is 2.81. The second-order valence-corrected chi connectivity index (χ2v) is 3.78. The van der Waals surface area contributed by atoms with Crippen LogP contribution in [0.4, 0.5) is 0 Å². The van der Waals surface area contributed by atoms with Gasteiger partial charge >= 0.3 is 11.9 Å². The van der Waals surface area contributed by atoms with Crippen molar-refractivity contribution in [3.63, 3.8) is 0 Å². The Morgan fingerprint density at radius 1 is 1.31 bits per heavy atom. The van der Waals surface area contributed by atoms with Crippen molar-refractivity contribution in [2.75, 3.05) is 14.2 Å². The molecule has 2 atom stereocenters. The van der Waals surface area contributed by atoms with E-state index < -0.39 is 23.6 Å². The SMILES string of the molecule is COC(=O)C1=C(C(=O)OC)[C@]2(C)C=C[C@H]1O2. The molecule has 0 aromatic rings. The van der Waals surface area contributed by atoms with Gasteiger partial charge in [0, 0.05) is 0 Å². The van der Waals surface area contributed by atoms with Crippen molar-refractivity contribution in [3.05, 3.63) is 23.3 Å². The maximum absolute atomic E-state index is 11.6. The average Bonchev–Trinajstić information content (AvgIpc) is 2.79. The van der Waals surface area contributed by atoms with Crippen molar-refractivity contribution >= 4 is 11.9 Å². The van der Waals surface area contributed by atoms with E-state index in [0.717, 1.165) is 0 Å². The second-order valence-electron chi connectivity index (χ2n) is 3.78. The van der Waals surface area contributed by atoms with Gasteiger partial charge in [0.15, 0.2) is 0 Å². The van der Waals surface area contributed by atoms with Crippen LogP contribution in [-0.4, -0.2) is 37.9 Å². The molecule has 0 N–H and O–H groups in total. The molecule has 0 aromatic heterocycles. The van der Waals surface area contributed by atoms with Crippen molar-refractivity contribution in [2.24, 2.45) is 0 Å². The van der Waals surface area contributed by atoms with E-state index in [4.69, 9.17) is 4.74 Å². The molecule has 5 nitrogen and oxygen atoms in total. The highest BCUT2D eigenvalue weighted by atomic mass is 16.6.